The molecule has 78 valence electrons. The second-order valence-corrected chi connectivity index (χ2v) is 5.19. The minimum absolute atomic E-state index is 0.0971. The maximum absolute atomic E-state index is 10.9. The quantitative estimate of drug-likeness (QED) is 0.453. The Morgan fingerprint density at radius 1 is 1.23 bits per heavy atom. The van der Waals surface area contributed by atoms with Gasteiger partial charge in [0.1, 0.15) is 0 Å². The summed E-state index contributed by atoms with van der Waals surface area (Å²) in [4.78, 5) is 14.9. The summed E-state index contributed by atoms with van der Waals surface area (Å²) in [5.74, 6) is 0. The first-order valence-electron chi connectivity index (χ1n) is 4.37. The fourth-order valence-electron chi connectivity index (χ4n) is 0.723. The summed E-state index contributed by atoms with van der Waals surface area (Å²) < 4.78 is 0.0971. The van der Waals surface area contributed by atoms with E-state index >= 15 is 0 Å². The first-order chi connectivity index (χ1) is 5.75. The number of carbonyl (C=O) groups is 1. The van der Waals surface area contributed by atoms with Crippen LogP contribution >= 0.6 is 22.6 Å². The zero-order valence-corrected chi connectivity index (χ0v) is 11.3. The third kappa shape index (κ3) is 5.46. The highest BCUT2D eigenvalue weighted by atomic mass is 127. The van der Waals surface area contributed by atoms with Crippen LogP contribution in [0.3, 0.4) is 0 Å². The zero-order chi connectivity index (χ0) is 10.6. The van der Waals surface area contributed by atoms with Crippen LogP contribution in [0.25, 0.3) is 0 Å². The predicted octanol–water partition coefficient (Wildman–Crippen LogP) is 2.20. The highest BCUT2D eigenvalue weighted by Crippen LogP contribution is 2.09. The van der Waals surface area contributed by atoms with Crippen LogP contribution in [-0.2, 0) is 0 Å². The molecule has 0 atom stereocenters. The summed E-state index contributed by atoms with van der Waals surface area (Å²) in [6.45, 7) is 8.20. The maximum Gasteiger partial charge on any atom is 0.282 e. The van der Waals surface area contributed by atoms with Gasteiger partial charge in [0.2, 0.25) is 0 Å². The van der Waals surface area contributed by atoms with Crippen LogP contribution in [0.15, 0.2) is 0 Å². The molecule has 0 spiro atoms. The minimum Gasteiger partial charge on any atom is -0.336 e. The van der Waals surface area contributed by atoms with Gasteiger partial charge in [0.15, 0.2) is 0 Å². The second kappa shape index (κ2) is 5.14. The van der Waals surface area contributed by atoms with Crippen LogP contribution in [0.1, 0.15) is 20.8 Å². The van der Waals surface area contributed by atoms with E-state index in [-0.39, 0.29) is 9.45 Å². The number of amides is 1. The summed E-state index contributed by atoms with van der Waals surface area (Å²) in [6, 6.07) is 0. The van der Waals surface area contributed by atoms with E-state index in [1.165, 1.54) is 0 Å². The third-order valence-corrected chi connectivity index (χ3v) is 3.04. The summed E-state index contributed by atoms with van der Waals surface area (Å²) in [5.41, 5.74) is 0.176. The molecule has 0 saturated heterocycles. The number of nitrogens with zero attached hydrogens (tertiary/aromatic N) is 2. The van der Waals surface area contributed by atoms with Crippen molar-refractivity contribution in [2.45, 2.75) is 26.3 Å². The molecule has 0 bridgehead atoms. The topological polar surface area (TPSA) is 23.6 Å². The third-order valence-electron chi connectivity index (χ3n) is 2.22. The van der Waals surface area contributed by atoms with Crippen molar-refractivity contribution in [1.82, 2.24) is 9.80 Å². The van der Waals surface area contributed by atoms with Gasteiger partial charge < -0.3 is 4.90 Å². The molecule has 1 amide bonds. The van der Waals surface area contributed by atoms with Crippen molar-refractivity contribution in [2.24, 2.45) is 0 Å². The van der Waals surface area contributed by atoms with Gasteiger partial charge in [-0.05, 0) is 27.8 Å². The molecule has 0 aromatic carbocycles. The molecule has 13 heavy (non-hydrogen) atoms. The smallest absolute Gasteiger partial charge is 0.282 e. The molecular weight excluding hydrogens is 279 g/mol. The molecule has 0 N–H and O–H groups in total. The first-order valence-corrected chi connectivity index (χ1v) is 5.45. The van der Waals surface area contributed by atoms with Gasteiger partial charge in [-0.2, -0.15) is 0 Å². The van der Waals surface area contributed by atoms with E-state index in [2.05, 4.69) is 32.7 Å². The Balaban J connectivity index is 3.83. The molecule has 0 unspecified atom stereocenters. The van der Waals surface area contributed by atoms with Crippen molar-refractivity contribution in [3.63, 3.8) is 0 Å². The van der Waals surface area contributed by atoms with Crippen molar-refractivity contribution < 1.29 is 4.79 Å². The van der Waals surface area contributed by atoms with Crippen LogP contribution < -0.4 is 0 Å². The summed E-state index contributed by atoms with van der Waals surface area (Å²) in [5, 5.41) is 0. The van der Waals surface area contributed by atoms with Gasteiger partial charge in [-0.15, -0.1) is 0 Å². The molecule has 0 aliphatic heterocycles. The van der Waals surface area contributed by atoms with E-state index in [1.54, 1.807) is 27.5 Å². The standard InChI is InChI=1S/C9H19IN2O/c1-9(2,3)12(5)7-6-11(4)8(10)13/h6-7H2,1-5H3. The number of hydrogen-bond donors (Lipinski definition) is 0. The van der Waals surface area contributed by atoms with Gasteiger partial charge in [-0.3, -0.25) is 9.69 Å². The van der Waals surface area contributed by atoms with Gasteiger partial charge >= 0.3 is 0 Å². The second-order valence-electron chi connectivity index (χ2n) is 4.27. The van der Waals surface area contributed by atoms with Gasteiger partial charge in [0.05, 0.1) is 0 Å². The van der Waals surface area contributed by atoms with Gasteiger partial charge in [-0.1, -0.05) is 0 Å². The van der Waals surface area contributed by atoms with E-state index < -0.39 is 0 Å². The monoisotopic (exact) mass is 298 g/mol. The Bertz CT molecular complexity index is 177. The van der Waals surface area contributed by atoms with E-state index in [4.69, 9.17) is 0 Å². The molecule has 0 aromatic heterocycles. The van der Waals surface area contributed by atoms with Crippen molar-refractivity contribution in [3.8, 4) is 0 Å². The van der Waals surface area contributed by atoms with Crippen LogP contribution in [0, 0.1) is 0 Å². The van der Waals surface area contributed by atoms with E-state index in [0.717, 1.165) is 13.1 Å². The van der Waals surface area contributed by atoms with E-state index in [1.807, 2.05) is 7.05 Å². The number of halogens is 1. The van der Waals surface area contributed by atoms with Gasteiger partial charge in [-0.25, -0.2) is 0 Å². The Morgan fingerprint density at radius 3 is 2.00 bits per heavy atom. The Labute approximate surface area is 94.6 Å². The Hall–Kier alpha value is 0.160. The van der Waals surface area contributed by atoms with E-state index in [9.17, 15) is 4.79 Å². The predicted molar refractivity (Wildman–Crippen MR) is 64.4 cm³/mol. The molecule has 0 radical (unpaired) electrons. The minimum atomic E-state index is 0.0971. The lowest BCUT2D eigenvalue weighted by atomic mass is 10.1. The SMILES string of the molecule is CN(CCN(C)C(C)(C)C)C(=O)I. The van der Waals surface area contributed by atoms with Gasteiger partial charge in [0, 0.05) is 48.3 Å². The molecule has 0 fully saturated rings. The van der Waals surface area contributed by atoms with Crippen molar-refractivity contribution in [1.29, 1.82) is 0 Å². The molecule has 0 rings (SSSR count). The maximum atomic E-state index is 10.9. The number of likely N-dealkylation sites (N-methyl/N-ethyl adjacent to an activating group) is 2. The highest BCUT2D eigenvalue weighted by molar-refractivity contribution is 14.1. The highest BCUT2D eigenvalue weighted by Gasteiger charge is 2.17. The number of rotatable bonds is 3. The molecule has 0 aliphatic rings. The average Bonchev–Trinajstić information content (AvgIpc) is 1.97. The van der Waals surface area contributed by atoms with Crippen LogP contribution in [0.4, 0.5) is 4.79 Å². The molecule has 4 heteroatoms. The fraction of sp³-hybridized carbons (Fsp3) is 0.889. The summed E-state index contributed by atoms with van der Waals surface area (Å²) >= 11 is 1.80. The zero-order valence-electron chi connectivity index (χ0n) is 9.09. The Morgan fingerprint density at radius 2 is 1.69 bits per heavy atom. The lowest BCUT2D eigenvalue weighted by molar-refractivity contribution is 0.160. The normalized spacial score (nSPS) is 11.9. The van der Waals surface area contributed by atoms with Crippen molar-refractivity contribution in [2.75, 3.05) is 27.2 Å². The molecule has 0 saturated carbocycles. The van der Waals surface area contributed by atoms with Crippen molar-refractivity contribution >= 4 is 26.5 Å². The summed E-state index contributed by atoms with van der Waals surface area (Å²) in [7, 11) is 3.90. The Kier molecular flexibility index (Phi) is 5.21. The van der Waals surface area contributed by atoms with Gasteiger partial charge in [0.25, 0.3) is 3.91 Å². The van der Waals surface area contributed by atoms with Crippen molar-refractivity contribution in [3.05, 3.63) is 0 Å². The number of carbonyl (C=O) groups excluding carboxylic acids is 1. The molecule has 0 aliphatic carbocycles. The molecule has 0 aromatic rings. The van der Waals surface area contributed by atoms with Crippen LogP contribution in [-0.4, -0.2) is 46.4 Å². The van der Waals surface area contributed by atoms with E-state index in [0.29, 0.717) is 0 Å². The molecule has 0 heterocycles. The summed E-state index contributed by atoms with van der Waals surface area (Å²) in [6.07, 6.45) is 0. The average molecular weight is 298 g/mol. The fourth-order valence-corrected chi connectivity index (χ4v) is 0.965. The largest absolute Gasteiger partial charge is 0.336 e. The van der Waals surface area contributed by atoms with Crippen LogP contribution in [0.5, 0.6) is 0 Å². The van der Waals surface area contributed by atoms with Crippen LogP contribution in [0.2, 0.25) is 0 Å². The lowest BCUT2D eigenvalue weighted by Crippen LogP contribution is -2.42. The lowest BCUT2D eigenvalue weighted by Gasteiger charge is -2.32. The molecule has 3 nitrogen and oxygen atoms in total. The number of hydrogen-bond acceptors (Lipinski definition) is 2. The first kappa shape index (κ1) is 13.2. The molecular formula is C9H19IN2O.